The number of hydrogen-bond acceptors (Lipinski definition) is 5. The molecule has 0 aromatic heterocycles. The number of rotatable bonds is 4. The van der Waals surface area contributed by atoms with Crippen molar-refractivity contribution < 1.29 is 14.3 Å². The first kappa shape index (κ1) is 13.3. The summed E-state index contributed by atoms with van der Waals surface area (Å²) in [6.45, 7) is 1.35. The maximum absolute atomic E-state index is 11.2. The predicted octanol–water partition coefficient (Wildman–Crippen LogP) is 0.598. The van der Waals surface area contributed by atoms with E-state index < -0.39 is 0 Å². The molecule has 0 bridgehead atoms. The van der Waals surface area contributed by atoms with E-state index in [1.165, 1.54) is 0 Å². The van der Waals surface area contributed by atoms with Gasteiger partial charge in [0, 0.05) is 25.2 Å². The van der Waals surface area contributed by atoms with Gasteiger partial charge in [0.2, 0.25) is 5.91 Å². The van der Waals surface area contributed by atoms with Crippen molar-refractivity contribution in [2.24, 2.45) is 11.7 Å². The van der Waals surface area contributed by atoms with Crippen LogP contribution in [0.2, 0.25) is 0 Å². The Balaban J connectivity index is 2.28. The van der Waals surface area contributed by atoms with Crippen LogP contribution >= 0.6 is 0 Å². The summed E-state index contributed by atoms with van der Waals surface area (Å²) in [6, 6.07) is 3.56. The van der Waals surface area contributed by atoms with Gasteiger partial charge >= 0.3 is 0 Å². The van der Waals surface area contributed by atoms with Gasteiger partial charge in [0.25, 0.3) is 0 Å². The number of carbonyl (C=O) groups is 1. The van der Waals surface area contributed by atoms with Gasteiger partial charge in [-0.2, -0.15) is 0 Å². The van der Waals surface area contributed by atoms with Crippen molar-refractivity contribution in [2.75, 3.05) is 37.9 Å². The van der Waals surface area contributed by atoms with E-state index in [0.29, 0.717) is 23.7 Å². The highest BCUT2D eigenvalue weighted by Gasteiger charge is 2.28. The van der Waals surface area contributed by atoms with Gasteiger partial charge in [-0.15, -0.1) is 0 Å². The molecule has 0 aliphatic carbocycles. The molecule has 1 atom stereocenters. The molecule has 104 valence electrons. The lowest BCUT2D eigenvalue weighted by atomic mass is 10.1. The Labute approximate surface area is 112 Å². The minimum absolute atomic E-state index is 0.118. The Morgan fingerprint density at radius 2 is 1.95 bits per heavy atom. The van der Waals surface area contributed by atoms with Crippen molar-refractivity contribution in [3.05, 3.63) is 12.1 Å². The third-order valence-electron chi connectivity index (χ3n) is 3.46. The summed E-state index contributed by atoms with van der Waals surface area (Å²) in [5, 5.41) is 0. The molecule has 1 amide bonds. The third-order valence-corrected chi connectivity index (χ3v) is 3.46. The quantitative estimate of drug-likeness (QED) is 0.778. The van der Waals surface area contributed by atoms with Gasteiger partial charge in [-0.25, -0.2) is 0 Å². The first-order chi connectivity index (χ1) is 9.06. The van der Waals surface area contributed by atoms with Gasteiger partial charge in [0.1, 0.15) is 0 Å². The Bertz CT molecular complexity index is 490. The number of nitrogen functional groups attached to an aromatic ring is 1. The van der Waals surface area contributed by atoms with Crippen LogP contribution in [-0.2, 0) is 4.79 Å². The number of nitrogens with two attached hydrogens (primary N) is 2. The molecule has 1 saturated heterocycles. The fraction of sp³-hybridized carbons (Fsp3) is 0.462. The van der Waals surface area contributed by atoms with Crippen LogP contribution in [0.3, 0.4) is 0 Å². The van der Waals surface area contributed by atoms with Gasteiger partial charge < -0.3 is 25.8 Å². The molecule has 4 N–H and O–H groups in total. The molecule has 0 saturated carbocycles. The van der Waals surface area contributed by atoms with Crippen LogP contribution in [0.5, 0.6) is 11.5 Å². The molecule has 1 aliphatic heterocycles. The zero-order valence-electron chi connectivity index (χ0n) is 11.2. The Hall–Kier alpha value is -2.11. The van der Waals surface area contributed by atoms with Gasteiger partial charge in [-0.05, 0) is 6.42 Å². The van der Waals surface area contributed by atoms with Gasteiger partial charge in [0.05, 0.1) is 31.5 Å². The first-order valence-electron chi connectivity index (χ1n) is 6.12. The van der Waals surface area contributed by atoms with E-state index in [9.17, 15) is 4.79 Å². The maximum Gasteiger partial charge on any atom is 0.222 e. The van der Waals surface area contributed by atoms with Gasteiger partial charge in [-0.3, -0.25) is 4.79 Å². The minimum atomic E-state index is -0.262. The Morgan fingerprint density at radius 1 is 1.32 bits per heavy atom. The number of carbonyl (C=O) groups excluding carboxylic acids is 1. The van der Waals surface area contributed by atoms with Crippen LogP contribution in [0.4, 0.5) is 11.4 Å². The van der Waals surface area contributed by atoms with Crippen molar-refractivity contribution in [3.8, 4) is 11.5 Å². The monoisotopic (exact) mass is 265 g/mol. The van der Waals surface area contributed by atoms with Crippen LogP contribution in [0.1, 0.15) is 6.42 Å². The zero-order chi connectivity index (χ0) is 14.0. The molecular formula is C13H19N3O3. The van der Waals surface area contributed by atoms with E-state index in [1.54, 1.807) is 20.3 Å². The highest BCUT2D eigenvalue weighted by atomic mass is 16.5. The van der Waals surface area contributed by atoms with E-state index in [1.807, 2.05) is 11.0 Å². The molecule has 1 fully saturated rings. The number of nitrogens with zero attached hydrogens (tertiary/aromatic N) is 1. The number of methoxy groups -OCH3 is 2. The van der Waals surface area contributed by atoms with E-state index in [2.05, 4.69) is 0 Å². The second-order valence-electron chi connectivity index (χ2n) is 4.60. The highest BCUT2D eigenvalue weighted by Crippen LogP contribution is 2.38. The van der Waals surface area contributed by atoms with Crippen LogP contribution in [-0.4, -0.2) is 33.2 Å². The average molecular weight is 265 g/mol. The molecule has 1 aliphatic rings. The SMILES string of the molecule is COc1cc(N)c(N2CCC(C(N)=O)C2)cc1OC. The van der Waals surface area contributed by atoms with Crippen molar-refractivity contribution in [3.63, 3.8) is 0 Å². The number of primary amides is 1. The van der Waals surface area contributed by atoms with E-state index in [-0.39, 0.29) is 11.8 Å². The summed E-state index contributed by atoms with van der Waals surface area (Å²) in [6.07, 6.45) is 0.753. The lowest BCUT2D eigenvalue weighted by Gasteiger charge is -2.22. The van der Waals surface area contributed by atoms with Crippen LogP contribution < -0.4 is 25.8 Å². The molecule has 0 radical (unpaired) electrons. The van der Waals surface area contributed by atoms with Crippen LogP contribution in [0, 0.1) is 5.92 Å². The number of hydrogen-bond donors (Lipinski definition) is 2. The van der Waals surface area contributed by atoms with Gasteiger partial charge in [0.15, 0.2) is 11.5 Å². The van der Waals surface area contributed by atoms with Crippen molar-refractivity contribution in [1.82, 2.24) is 0 Å². The molecule has 0 spiro atoms. The second-order valence-corrected chi connectivity index (χ2v) is 4.60. The summed E-state index contributed by atoms with van der Waals surface area (Å²) in [5.74, 6) is 0.831. The fourth-order valence-electron chi connectivity index (χ4n) is 2.37. The van der Waals surface area contributed by atoms with Gasteiger partial charge in [-0.1, -0.05) is 0 Å². The lowest BCUT2D eigenvalue weighted by Crippen LogP contribution is -2.27. The Kier molecular flexibility index (Phi) is 3.69. The lowest BCUT2D eigenvalue weighted by molar-refractivity contribution is -0.121. The third kappa shape index (κ3) is 2.52. The summed E-state index contributed by atoms with van der Waals surface area (Å²) >= 11 is 0. The molecule has 6 heteroatoms. The summed E-state index contributed by atoms with van der Waals surface area (Å²) in [4.78, 5) is 13.3. The smallest absolute Gasteiger partial charge is 0.222 e. The molecule has 2 rings (SSSR count). The largest absolute Gasteiger partial charge is 0.493 e. The van der Waals surface area contributed by atoms with Crippen molar-refractivity contribution in [1.29, 1.82) is 0 Å². The topological polar surface area (TPSA) is 90.8 Å². The fourth-order valence-corrected chi connectivity index (χ4v) is 2.37. The molecule has 1 unspecified atom stereocenters. The van der Waals surface area contributed by atoms with Crippen LogP contribution in [0.25, 0.3) is 0 Å². The van der Waals surface area contributed by atoms with Crippen molar-refractivity contribution >= 4 is 17.3 Å². The minimum Gasteiger partial charge on any atom is -0.493 e. The highest BCUT2D eigenvalue weighted by molar-refractivity contribution is 5.80. The summed E-state index contributed by atoms with van der Waals surface area (Å²) < 4.78 is 10.5. The number of ether oxygens (including phenoxy) is 2. The molecular weight excluding hydrogens is 246 g/mol. The summed E-state index contributed by atoms with van der Waals surface area (Å²) in [5.41, 5.74) is 12.8. The standard InChI is InChI=1S/C13H19N3O3/c1-18-11-5-9(14)10(6-12(11)19-2)16-4-3-8(7-16)13(15)17/h5-6,8H,3-4,7,14H2,1-2H3,(H2,15,17). The second kappa shape index (κ2) is 5.26. The van der Waals surface area contributed by atoms with Crippen molar-refractivity contribution in [2.45, 2.75) is 6.42 Å². The molecule has 1 aromatic carbocycles. The molecule has 1 aromatic rings. The summed E-state index contributed by atoms with van der Waals surface area (Å²) in [7, 11) is 3.14. The van der Waals surface area contributed by atoms with E-state index in [0.717, 1.165) is 18.7 Å². The molecule has 19 heavy (non-hydrogen) atoms. The zero-order valence-corrected chi connectivity index (χ0v) is 11.2. The maximum atomic E-state index is 11.2. The molecule has 6 nitrogen and oxygen atoms in total. The normalized spacial score (nSPS) is 18.4. The average Bonchev–Trinajstić information content (AvgIpc) is 2.87. The number of amides is 1. The number of anilines is 2. The van der Waals surface area contributed by atoms with Crippen LogP contribution in [0.15, 0.2) is 12.1 Å². The van der Waals surface area contributed by atoms with E-state index in [4.69, 9.17) is 20.9 Å². The predicted molar refractivity (Wildman–Crippen MR) is 73.5 cm³/mol. The Morgan fingerprint density at radius 3 is 2.47 bits per heavy atom. The number of benzene rings is 1. The molecule has 1 heterocycles. The van der Waals surface area contributed by atoms with E-state index >= 15 is 0 Å². The first-order valence-corrected chi connectivity index (χ1v) is 6.12.